The van der Waals surface area contributed by atoms with Crippen molar-refractivity contribution in [1.29, 1.82) is 5.26 Å². The molecule has 0 fully saturated rings. The van der Waals surface area contributed by atoms with Crippen LogP contribution in [0.2, 0.25) is 0 Å². The Morgan fingerprint density at radius 3 is 2.78 bits per heavy atom. The second-order valence-electron chi connectivity index (χ2n) is 5.57. The fourth-order valence-corrected chi connectivity index (χ4v) is 1.84. The molecule has 126 valence electrons. The lowest BCUT2D eigenvalue weighted by atomic mass is 10.1. The Hall–Kier alpha value is -2.13. The van der Waals surface area contributed by atoms with E-state index in [0.717, 1.165) is 13.0 Å². The van der Waals surface area contributed by atoms with Crippen molar-refractivity contribution in [3.8, 4) is 6.07 Å². The van der Waals surface area contributed by atoms with Crippen LogP contribution in [0.5, 0.6) is 0 Å². The van der Waals surface area contributed by atoms with E-state index in [2.05, 4.69) is 29.5 Å². The van der Waals surface area contributed by atoms with Gasteiger partial charge in [0.1, 0.15) is 5.82 Å². The summed E-state index contributed by atoms with van der Waals surface area (Å²) in [5.74, 6) is 0.861. The van der Waals surface area contributed by atoms with Gasteiger partial charge in [-0.15, -0.1) is 0 Å². The Bertz CT molecular complexity index is 552. The highest BCUT2D eigenvalue weighted by Gasteiger charge is 2.05. The molecule has 0 aliphatic rings. The Morgan fingerprint density at radius 1 is 1.35 bits per heavy atom. The maximum atomic E-state index is 13.7. The fraction of sp³-hybridized carbons (Fsp3) is 0.529. The number of ether oxygens (including phenoxy) is 1. The summed E-state index contributed by atoms with van der Waals surface area (Å²) in [6.45, 7) is 6.54. The number of nitrogens with one attached hydrogen (secondary N) is 2. The second kappa shape index (κ2) is 10.6. The van der Waals surface area contributed by atoms with E-state index in [1.165, 1.54) is 18.2 Å². The molecule has 0 spiro atoms. The number of nitriles is 1. The Labute approximate surface area is 137 Å². The van der Waals surface area contributed by atoms with Crippen LogP contribution in [0, 0.1) is 23.1 Å². The highest BCUT2D eigenvalue weighted by molar-refractivity contribution is 5.79. The van der Waals surface area contributed by atoms with Crippen molar-refractivity contribution in [2.45, 2.75) is 26.8 Å². The summed E-state index contributed by atoms with van der Waals surface area (Å²) in [7, 11) is 1.65. The van der Waals surface area contributed by atoms with Crippen LogP contribution in [0.25, 0.3) is 0 Å². The number of guanidine groups is 1. The molecular weight excluding hydrogens is 295 g/mol. The van der Waals surface area contributed by atoms with Crippen LogP contribution in [0.3, 0.4) is 0 Å². The topological polar surface area (TPSA) is 69.4 Å². The molecule has 0 atom stereocenters. The van der Waals surface area contributed by atoms with Crippen molar-refractivity contribution in [2.75, 3.05) is 26.8 Å². The molecule has 0 saturated heterocycles. The van der Waals surface area contributed by atoms with Crippen LogP contribution in [-0.4, -0.2) is 32.8 Å². The van der Waals surface area contributed by atoms with Gasteiger partial charge in [-0.05, 0) is 30.5 Å². The van der Waals surface area contributed by atoms with Crippen LogP contribution >= 0.6 is 0 Å². The number of aliphatic imine (C=N–C) groups is 1. The average Bonchev–Trinajstić information content (AvgIpc) is 2.54. The molecule has 0 unspecified atom stereocenters. The third kappa shape index (κ3) is 7.61. The van der Waals surface area contributed by atoms with Gasteiger partial charge in [-0.25, -0.2) is 4.39 Å². The van der Waals surface area contributed by atoms with E-state index in [-0.39, 0.29) is 12.4 Å². The first-order chi connectivity index (χ1) is 11.1. The molecule has 0 heterocycles. The number of hydrogen-bond acceptors (Lipinski definition) is 3. The molecule has 1 aromatic rings. The quantitative estimate of drug-likeness (QED) is 0.438. The van der Waals surface area contributed by atoms with Crippen LogP contribution in [0.4, 0.5) is 4.39 Å². The summed E-state index contributed by atoms with van der Waals surface area (Å²) in [5, 5.41) is 15.0. The zero-order valence-electron chi connectivity index (χ0n) is 14.0. The molecule has 5 nitrogen and oxygen atoms in total. The zero-order chi connectivity index (χ0) is 17.1. The van der Waals surface area contributed by atoms with Gasteiger partial charge in [0.25, 0.3) is 0 Å². The Balaban J connectivity index is 2.33. The largest absolute Gasteiger partial charge is 0.380 e. The molecule has 0 bridgehead atoms. The monoisotopic (exact) mass is 320 g/mol. The van der Waals surface area contributed by atoms with Crippen molar-refractivity contribution in [3.63, 3.8) is 0 Å². The summed E-state index contributed by atoms with van der Waals surface area (Å²) in [5.41, 5.74) is 0.866. The lowest BCUT2D eigenvalue weighted by Gasteiger charge is -2.13. The third-order valence-electron chi connectivity index (χ3n) is 3.22. The Kier molecular flexibility index (Phi) is 8.70. The fourth-order valence-electron chi connectivity index (χ4n) is 1.84. The molecule has 0 aliphatic heterocycles. The summed E-state index contributed by atoms with van der Waals surface area (Å²) < 4.78 is 19.2. The van der Waals surface area contributed by atoms with E-state index in [9.17, 15) is 4.39 Å². The summed E-state index contributed by atoms with van der Waals surface area (Å²) in [4.78, 5) is 4.07. The van der Waals surface area contributed by atoms with E-state index in [1.54, 1.807) is 7.05 Å². The minimum atomic E-state index is -0.344. The molecule has 0 radical (unpaired) electrons. The van der Waals surface area contributed by atoms with Gasteiger partial charge in [-0.3, -0.25) is 4.99 Å². The van der Waals surface area contributed by atoms with E-state index < -0.39 is 0 Å². The number of nitrogens with zero attached hydrogens (tertiary/aromatic N) is 2. The molecular formula is C17H25FN4O. The minimum Gasteiger partial charge on any atom is -0.380 e. The average molecular weight is 320 g/mol. The van der Waals surface area contributed by atoms with Crippen LogP contribution in [0.1, 0.15) is 31.4 Å². The standard InChI is InChI=1S/C17H25FN4O/c1-13(2)6-8-23-9-7-21-17(20-3)22-12-15-10-14(11-19)4-5-16(15)18/h4-5,10,13H,6-9,12H2,1-3H3,(H2,20,21,22). The summed E-state index contributed by atoms with van der Waals surface area (Å²) in [6, 6.07) is 6.29. The van der Waals surface area contributed by atoms with Gasteiger partial charge in [-0.2, -0.15) is 5.26 Å². The summed E-state index contributed by atoms with van der Waals surface area (Å²) in [6.07, 6.45) is 1.04. The molecule has 0 amide bonds. The molecule has 0 saturated carbocycles. The van der Waals surface area contributed by atoms with Gasteiger partial charge in [0, 0.05) is 32.3 Å². The van der Waals surface area contributed by atoms with E-state index >= 15 is 0 Å². The first-order valence-corrected chi connectivity index (χ1v) is 7.77. The number of halogens is 1. The predicted octanol–water partition coefficient (Wildman–Crippen LogP) is 2.43. The van der Waals surface area contributed by atoms with Gasteiger partial charge < -0.3 is 15.4 Å². The van der Waals surface area contributed by atoms with Crippen LogP contribution in [0.15, 0.2) is 23.2 Å². The molecule has 2 N–H and O–H groups in total. The molecule has 6 heteroatoms. The van der Waals surface area contributed by atoms with E-state index in [4.69, 9.17) is 10.00 Å². The number of benzene rings is 1. The normalized spacial score (nSPS) is 11.4. The number of rotatable bonds is 8. The third-order valence-corrected chi connectivity index (χ3v) is 3.22. The van der Waals surface area contributed by atoms with Gasteiger partial charge >= 0.3 is 0 Å². The lowest BCUT2D eigenvalue weighted by Crippen LogP contribution is -2.38. The smallest absolute Gasteiger partial charge is 0.191 e. The zero-order valence-corrected chi connectivity index (χ0v) is 14.0. The highest BCUT2D eigenvalue weighted by Crippen LogP contribution is 2.09. The highest BCUT2D eigenvalue weighted by atomic mass is 19.1. The first-order valence-electron chi connectivity index (χ1n) is 7.77. The predicted molar refractivity (Wildman–Crippen MR) is 89.6 cm³/mol. The van der Waals surface area contributed by atoms with Crippen molar-refractivity contribution < 1.29 is 9.13 Å². The molecule has 1 rings (SSSR count). The van der Waals surface area contributed by atoms with Gasteiger partial charge in [0.15, 0.2) is 5.96 Å². The van der Waals surface area contributed by atoms with Gasteiger partial charge in [0.05, 0.1) is 18.2 Å². The summed E-state index contributed by atoms with van der Waals surface area (Å²) >= 11 is 0. The van der Waals surface area contributed by atoms with Crippen molar-refractivity contribution >= 4 is 5.96 Å². The molecule has 23 heavy (non-hydrogen) atoms. The lowest BCUT2D eigenvalue weighted by molar-refractivity contribution is 0.128. The minimum absolute atomic E-state index is 0.259. The first kappa shape index (κ1) is 18.9. The maximum absolute atomic E-state index is 13.7. The molecule has 0 aromatic heterocycles. The van der Waals surface area contributed by atoms with E-state index in [0.29, 0.717) is 36.2 Å². The SMILES string of the molecule is CN=C(NCCOCCC(C)C)NCc1cc(C#N)ccc1F. The van der Waals surface area contributed by atoms with Crippen molar-refractivity contribution in [3.05, 3.63) is 35.1 Å². The number of hydrogen-bond donors (Lipinski definition) is 2. The molecule has 1 aromatic carbocycles. The van der Waals surface area contributed by atoms with Gasteiger partial charge in [0.2, 0.25) is 0 Å². The Morgan fingerprint density at radius 2 is 2.13 bits per heavy atom. The maximum Gasteiger partial charge on any atom is 0.191 e. The van der Waals surface area contributed by atoms with Crippen molar-refractivity contribution in [1.82, 2.24) is 10.6 Å². The van der Waals surface area contributed by atoms with Crippen LogP contribution in [-0.2, 0) is 11.3 Å². The second-order valence-corrected chi connectivity index (χ2v) is 5.57. The van der Waals surface area contributed by atoms with Gasteiger partial charge in [-0.1, -0.05) is 13.8 Å². The molecule has 0 aliphatic carbocycles. The van der Waals surface area contributed by atoms with Crippen molar-refractivity contribution in [2.24, 2.45) is 10.9 Å². The van der Waals surface area contributed by atoms with Crippen LogP contribution < -0.4 is 10.6 Å². The van der Waals surface area contributed by atoms with E-state index in [1.807, 2.05) is 6.07 Å².